The standard InChI is InChI=1S/C15H19N5S/c16-14-13(11-3-1-5-17-9-11)15(21-18-14)20-8-7-19-6-2-4-12(19)10-20/h1,3,5,9,12H,2,4,6-8,10H2,(H2,16,18). The average molecular weight is 301 g/mol. The minimum absolute atomic E-state index is 0.622. The molecule has 2 aliphatic heterocycles. The Morgan fingerprint density at radius 1 is 1.29 bits per heavy atom. The number of fused-ring (bicyclic) bond motifs is 1. The van der Waals surface area contributed by atoms with Gasteiger partial charge in [0.1, 0.15) is 10.8 Å². The van der Waals surface area contributed by atoms with Crippen molar-refractivity contribution in [2.24, 2.45) is 0 Å². The van der Waals surface area contributed by atoms with Crippen molar-refractivity contribution in [2.45, 2.75) is 18.9 Å². The molecule has 0 saturated carbocycles. The van der Waals surface area contributed by atoms with Crippen molar-refractivity contribution in [1.29, 1.82) is 0 Å². The highest BCUT2D eigenvalue weighted by atomic mass is 32.1. The quantitative estimate of drug-likeness (QED) is 0.920. The topological polar surface area (TPSA) is 58.3 Å². The molecule has 1 unspecified atom stereocenters. The molecule has 0 spiro atoms. The maximum Gasteiger partial charge on any atom is 0.147 e. The lowest BCUT2D eigenvalue weighted by atomic mass is 10.1. The predicted octanol–water partition coefficient (Wildman–Crippen LogP) is 2.07. The van der Waals surface area contributed by atoms with Gasteiger partial charge in [-0.15, -0.1) is 0 Å². The Balaban J connectivity index is 1.67. The van der Waals surface area contributed by atoms with Crippen molar-refractivity contribution < 1.29 is 0 Å². The van der Waals surface area contributed by atoms with Crippen LogP contribution in [0, 0.1) is 0 Å². The van der Waals surface area contributed by atoms with Gasteiger partial charge < -0.3 is 10.6 Å². The molecule has 6 heteroatoms. The molecule has 0 amide bonds. The fourth-order valence-electron chi connectivity index (χ4n) is 3.47. The van der Waals surface area contributed by atoms with Crippen LogP contribution in [0.1, 0.15) is 12.8 Å². The van der Waals surface area contributed by atoms with Gasteiger partial charge in [-0.2, -0.15) is 4.37 Å². The van der Waals surface area contributed by atoms with E-state index in [1.807, 2.05) is 12.3 Å². The van der Waals surface area contributed by atoms with E-state index in [1.54, 1.807) is 6.20 Å². The van der Waals surface area contributed by atoms with E-state index in [-0.39, 0.29) is 0 Å². The van der Waals surface area contributed by atoms with Crippen molar-refractivity contribution in [3.8, 4) is 11.1 Å². The van der Waals surface area contributed by atoms with E-state index in [0.717, 1.165) is 30.8 Å². The molecule has 0 radical (unpaired) electrons. The molecule has 4 rings (SSSR count). The number of hydrogen-bond acceptors (Lipinski definition) is 6. The van der Waals surface area contributed by atoms with Crippen LogP contribution in [0.4, 0.5) is 10.8 Å². The van der Waals surface area contributed by atoms with Gasteiger partial charge in [0.05, 0.1) is 5.56 Å². The summed E-state index contributed by atoms with van der Waals surface area (Å²) in [5.41, 5.74) is 8.24. The number of nitrogen functional groups attached to an aromatic ring is 1. The predicted molar refractivity (Wildman–Crippen MR) is 86.6 cm³/mol. The summed E-state index contributed by atoms with van der Waals surface area (Å²) in [6.45, 7) is 4.56. The Labute approximate surface area is 128 Å². The number of nitrogens with zero attached hydrogens (tertiary/aromatic N) is 4. The molecular weight excluding hydrogens is 282 g/mol. The number of rotatable bonds is 2. The van der Waals surface area contributed by atoms with Gasteiger partial charge >= 0.3 is 0 Å². The Morgan fingerprint density at radius 2 is 2.24 bits per heavy atom. The first kappa shape index (κ1) is 13.0. The number of hydrogen-bond donors (Lipinski definition) is 1. The molecule has 2 aromatic rings. The molecule has 5 nitrogen and oxygen atoms in total. The van der Waals surface area contributed by atoms with Crippen molar-refractivity contribution in [1.82, 2.24) is 14.3 Å². The Bertz CT molecular complexity index is 626. The summed E-state index contributed by atoms with van der Waals surface area (Å²) in [5.74, 6) is 0.622. The third-order valence-corrected chi connectivity index (χ3v) is 5.45. The molecule has 21 heavy (non-hydrogen) atoms. The van der Waals surface area contributed by atoms with Crippen LogP contribution in [0.15, 0.2) is 24.5 Å². The lowest BCUT2D eigenvalue weighted by molar-refractivity contribution is 0.231. The highest BCUT2D eigenvalue weighted by Crippen LogP contribution is 2.40. The van der Waals surface area contributed by atoms with Gasteiger partial charge in [0.15, 0.2) is 0 Å². The second kappa shape index (κ2) is 5.27. The first-order chi connectivity index (χ1) is 10.3. The highest BCUT2D eigenvalue weighted by Gasteiger charge is 2.32. The summed E-state index contributed by atoms with van der Waals surface area (Å²) < 4.78 is 4.39. The summed E-state index contributed by atoms with van der Waals surface area (Å²) in [6.07, 6.45) is 6.30. The molecule has 2 aromatic heterocycles. The zero-order valence-electron chi connectivity index (χ0n) is 11.9. The van der Waals surface area contributed by atoms with Crippen LogP contribution in [0.25, 0.3) is 11.1 Å². The van der Waals surface area contributed by atoms with E-state index in [9.17, 15) is 0 Å². The first-order valence-electron chi connectivity index (χ1n) is 7.47. The van der Waals surface area contributed by atoms with Crippen LogP contribution >= 0.6 is 11.5 Å². The summed E-state index contributed by atoms with van der Waals surface area (Å²) in [6, 6.07) is 4.71. The van der Waals surface area contributed by atoms with E-state index >= 15 is 0 Å². The van der Waals surface area contributed by atoms with Crippen LogP contribution in [0.3, 0.4) is 0 Å². The minimum atomic E-state index is 0.622. The number of piperazine rings is 1. The normalized spacial score (nSPS) is 22.5. The Kier molecular flexibility index (Phi) is 3.27. The molecule has 2 fully saturated rings. The maximum absolute atomic E-state index is 6.12. The fourth-order valence-corrected chi connectivity index (χ4v) is 4.34. The zero-order valence-corrected chi connectivity index (χ0v) is 12.7. The smallest absolute Gasteiger partial charge is 0.147 e. The van der Waals surface area contributed by atoms with Gasteiger partial charge in [-0.05, 0) is 37.0 Å². The largest absolute Gasteiger partial charge is 0.382 e. The van der Waals surface area contributed by atoms with Crippen molar-refractivity contribution in [3.63, 3.8) is 0 Å². The second-order valence-electron chi connectivity index (χ2n) is 5.77. The molecule has 0 aliphatic carbocycles. The van der Waals surface area contributed by atoms with Gasteiger partial charge in [-0.3, -0.25) is 9.88 Å². The third kappa shape index (κ3) is 2.28. The van der Waals surface area contributed by atoms with Crippen LogP contribution in [-0.2, 0) is 0 Å². The van der Waals surface area contributed by atoms with Crippen LogP contribution in [0.5, 0.6) is 0 Å². The maximum atomic E-state index is 6.12. The summed E-state index contributed by atoms with van der Waals surface area (Å²) >= 11 is 1.52. The lowest BCUT2D eigenvalue weighted by Gasteiger charge is -2.38. The Hall–Kier alpha value is -1.66. The van der Waals surface area contributed by atoms with E-state index in [1.165, 1.54) is 35.9 Å². The lowest BCUT2D eigenvalue weighted by Crippen LogP contribution is -2.50. The highest BCUT2D eigenvalue weighted by molar-refractivity contribution is 7.11. The molecule has 2 N–H and O–H groups in total. The van der Waals surface area contributed by atoms with Gasteiger partial charge in [0.25, 0.3) is 0 Å². The van der Waals surface area contributed by atoms with E-state index in [4.69, 9.17) is 5.73 Å². The Morgan fingerprint density at radius 3 is 3.10 bits per heavy atom. The summed E-state index contributed by atoms with van der Waals surface area (Å²) in [7, 11) is 0. The second-order valence-corrected chi connectivity index (χ2v) is 6.52. The first-order valence-corrected chi connectivity index (χ1v) is 8.25. The van der Waals surface area contributed by atoms with Crippen LogP contribution in [-0.4, -0.2) is 46.5 Å². The van der Waals surface area contributed by atoms with E-state index in [0.29, 0.717) is 11.9 Å². The van der Waals surface area contributed by atoms with Crippen molar-refractivity contribution in [3.05, 3.63) is 24.5 Å². The van der Waals surface area contributed by atoms with Crippen LogP contribution < -0.4 is 10.6 Å². The molecule has 2 saturated heterocycles. The van der Waals surface area contributed by atoms with Gasteiger partial charge in [-0.1, -0.05) is 6.07 Å². The minimum Gasteiger partial charge on any atom is -0.382 e. The van der Waals surface area contributed by atoms with Gasteiger partial charge in [0.2, 0.25) is 0 Å². The number of pyridine rings is 1. The SMILES string of the molecule is Nc1nsc(N2CCN3CCCC3C2)c1-c1cccnc1. The number of aromatic nitrogens is 2. The van der Waals surface area contributed by atoms with Crippen LogP contribution in [0.2, 0.25) is 0 Å². The van der Waals surface area contributed by atoms with Gasteiger partial charge in [0, 0.05) is 43.6 Å². The monoisotopic (exact) mass is 301 g/mol. The van der Waals surface area contributed by atoms with E-state index < -0.39 is 0 Å². The number of anilines is 2. The van der Waals surface area contributed by atoms with E-state index in [2.05, 4.69) is 25.2 Å². The molecular formula is C15H19N5S. The van der Waals surface area contributed by atoms with Crippen molar-refractivity contribution >= 4 is 22.4 Å². The third-order valence-electron chi connectivity index (χ3n) is 4.53. The van der Waals surface area contributed by atoms with Gasteiger partial charge in [-0.25, -0.2) is 0 Å². The number of nitrogens with two attached hydrogens (primary N) is 1. The van der Waals surface area contributed by atoms with Crippen molar-refractivity contribution in [2.75, 3.05) is 36.8 Å². The molecule has 1 atom stereocenters. The molecule has 4 heterocycles. The summed E-state index contributed by atoms with van der Waals surface area (Å²) in [5, 5.41) is 1.20. The molecule has 110 valence electrons. The molecule has 2 aliphatic rings. The summed E-state index contributed by atoms with van der Waals surface area (Å²) in [4.78, 5) is 9.29. The molecule has 0 aromatic carbocycles. The molecule has 0 bridgehead atoms. The zero-order chi connectivity index (χ0) is 14.2. The average Bonchev–Trinajstić information content (AvgIpc) is 3.13. The fraction of sp³-hybridized carbons (Fsp3) is 0.467.